The van der Waals surface area contributed by atoms with Gasteiger partial charge in [-0.25, -0.2) is 4.79 Å². The number of rotatable bonds is 5. The summed E-state index contributed by atoms with van der Waals surface area (Å²) in [6.07, 6.45) is 0. The van der Waals surface area contributed by atoms with E-state index in [0.29, 0.717) is 23.0 Å². The molecular weight excluding hydrogens is 350 g/mol. The second kappa shape index (κ2) is 8.31. The number of hydrogen-bond acceptors (Lipinski definition) is 4. The second-order valence-electron chi connectivity index (χ2n) is 6.74. The molecule has 6 nitrogen and oxygen atoms in total. The molecule has 0 aromatic heterocycles. The van der Waals surface area contributed by atoms with Crippen LogP contribution in [0.15, 0.2) is 35.5 Å². The maximum atomic E-state index is 12.8. The number of carbonyl (C=O) groups is 2. The summed E-state index contributed by atoms with van der Waals surface area (Å²) in [5.74, 6) is -0.276. The van der Waals surface area contributed by atoms with Crippen LogP contribution in [0, 0.1) is 5.92 Å². The summed E-state index contributed by atoms with van der Waals surface area (Å²) in [6, 6.07) is 6.91. The Bertz CT molecular complexity index is 758. The Balaban J connectivity index is 2.42. The molecule has 140 valence electrons. The van der Waals surface area contributed by atoms with Crippen LogP contribution in [0.2, 0.25) is 0 Å². The molecule has 0 bridgehead atoms. The van der Waals surface area contributed by atoms with Crippen molar-refractivity contribution in [2.45, 2.75) is 33.7 Å². The van der Waals surface area contributed by atoms with Gasteiger partial charge >= 0.3 is 5.97 Å². The van der Waals surface area contributed by atoms with Crippen molar-refractivity contribution in [3.05, 3.63) is 41.1 Å². The molecule has 26 heavy (non-hydrogen) atoms. The molecule has 0 unspecified atom stereocenters. The van der Waals surface area contributed by atoms with E-state index in [2.05, 4.69) is 10.6 Å². The lowest BCUT2D eigenvalue weighted by atomic mass is 9.94. The van der Waals surface area contributed by atoms with Gasteiger partial charge in [-0.2, -0.15) is 0 Å². The van der Waals surface area contributed by atoms with Crippen LogP contribution in [0.4, 0.5) is 5.69 Å². The zero-order valence-electron chi connectivity index (χ0n) is 15.8. The number of hydrogen-bond donors (Lipinski definition) is 2. The minimum Gasteiger partial charge on any atom is -0.462 e. The summed E-state index contributed by atoms with van der Waals surface area (Å²) in [5, 5.41) is 6.48. The van der Waals surface area contributed by atoms with Crippen molar-refractivity contribution in [1.29, 1.82) is 0 Å². The van der Waals surface area contributed by atoms with Gasteiger partial charge in [-0.15, -0.1) is 0 Å². The quantitative estimate of drug-likeness (QED) is 0.609. The standard InChI is InChI=1S/C19H25N3O3S/c1-11(2)10-25-18(24)16-12(3)22(5)19(26)21-17(16)14-7-6-8-15(9-14)20-13(4)23/h6-9,11,17H,10H2,1-5H3,(H,20,23)(H,21,26)/t17-/m0/s1. The molecule has 1 aliphatic heterocycles. The lowest BCUT2D eigenvalue weighted by Gasteiger charge is -2.35. The van der Waals surface area contributed by atoms with E-state index in [0.717, 1.165) is 11.3 Å². The molecule has 1 heterocycles. The van der Waals surface area contributed by atoms with E-state index in [1.165, 1.54) is 6.92 Å². The summed E-state index contributed by atoms with van der Waals surface area (Å²) in [6.45, 7) is 7.63. The van der Waals surface area contributed by atoms with Crippen molar-refractivity contribution >= 4 is 34.9 Å². The highest BCUT2D eigenvalue weighted by atomic mass is 32.1. The van der Waals surface area contributed by atoms with Crippen molar-refractivity contribution < 1.29 is 14.3 Å². The van der Waals surface area contributed by atoms with Crippen LogP contribution in [0.25, 0.3) is 0 Å². The maximum Gasteiger partial charge on any atom is 0.338 e. The van der Waals surface area contributed by atoms with Crippen LogP contribution >= 0.6 is 12.2 Å². The fraction of sp³-hybridized carbons (Fsp3) is 0.421. The molecule has 1 aromatic carbocycles. The number of esters is 1. The number of nitrogens with one attached hydrogen (secondary N) is 2. The molecule has 0 aliphatic carbocycles. The molecule has 1 aromatic rings. The van der Waals surface area contributed by atoms with E-state index in [9.17, 15) is 9.59 Å². The molecule has 1 atom stereocenters. The van der Waals surface area contributed by atoms with Crippen LogP contribution in [0.3, 0.4) is 0 Å². The lowest BCUT2D eigenvalue weighted by molar-refractivity contribution is -0.140. The zero-order valence-corrected chi connectivity index (χ0v) is 16.6. The molecule has 7 heteroatoms. The fourth-order valence-electron chi connectivity index (χ4n) is 2.67. The third kappa shape index (κ3) is 4.60. The number of anilines is 1. The second-order valence-corrected chi connectivity index (χ2v) is 7.13. The number of benzene rings is 1. The minimum absolute atomic E-state index is 0.155. The first-order chi connectivity index (χ1) is 12.2. The van der Waals surface area contributed by atoms with Gasteiger partial charge in [0.1, 0.15) is 0 Å². The fourth-order valence-corrected chi connectivity index (χ4v) is 2.92. The van der Waals surface area contributed by atoms with Crippen molar-refractivity contribution in [1.82, 2.24) is 10.2 Å². The van der Waals surface area contributed by atoms with Crippen molar-refractivity contribution in [3.63, 3.8) is 0 Å². The number of carbonyl (C=O) groups excluding carboxylic acids is 2. The highest BCUT2D eigenvalue weighted by Gasteiger charge is 2.33. The predicted octanol–water partition coefficient (Wildman–Crippen LogP) is 2.98. The summed E-state index contributed by atoms with van der Waals surface area (Å²) in [5.41, 5.74) is 2.75. The SMILES string of the molecule is CC(=O)Nc1cccc([C@@H]2NC(=S)N(C)C(C)=C2C(=O)OCC(C)C)c1. The molecule has 2 rings (SSSR count). The topological polar surface area (TPSA) is 70.7 Å². The Morgan fingerprint density at radius 3 is 2.69 bits per heavy atom. The summed E-state index contributed by atoms with van der Waals surface area (Å²) >= 11 is 5.39. The Kier molecular flexibility index (Phi) is 6.37. The number of amides is 1. The van der Waals surface area contributed by atoms with E-state index in [1.807, 2.05) is 46.0 Å². The van der Waals surface area contributed by atoms with E-state index in [1.54, 1.807) is 11.0 Å². The number of allylic oxidation sites excluding steroid dienone is 1. The largest absolute Gasteiger partial charge is 0.462 e. The molecular formula is C19H25N3O3S. The van der Waals surface area contributed by atoms with Crippen molar-refractivity contribution in [2.24, 2.45) is 5.92 Å². The van der Waals surface area contributed by atoms with Crippen molar-refractivity contribution in [3.8, 4) is 0 Å². The summed E-state index contributed by atoms with van der Waals surface area (Å²) in [4.78, 5) is 25.8. The minimum atomic E-state index is -0.438. The summed E-state index contributed by atoms with van der Waals surface area (Å²) < 4.78 is 5.47. The van der Waals surface area contributed by atoms with E-state index in [4.69, 9.17) is 17.0 Å². The average Bonchev–Trinajstić information content (AvgIpc) is 2.57. The number of nitrogens with zero attached hydrogens (tertiary/aromatic N) is 1. The molecule has 0 radical (unpaired) electrons. The lowest BCUT2D eigenvalue weighted by Crippen LogP contribution is -2.46. The maximum absolute atomic E-state index is 12.8. The summed E-state index contributed by atoms with van der Waals surface area (Å²) in [7, 11) is 1.81. The van der Waals surface area contributed by atoms with Crippen LogP contribution in [0.1, 0.15) is 39.3 Å². The number of thiocarbonyl (C=S) groups is 1. The molecule has 0 fully saturated rings. The Hall–Kier alpha value is -2.41. The van der Waals surface area contributed by atoms with Gasteiger partial charge in [-0.3, -0.25) is 4.79 Å². The first-order valence-corrected chi connectivity index (χ1v) is 8.91. The van der Waals surface area contributed by atoms with Gasteiger partial charge in [0, 0.05) is 25.4 Å². The van der Waals surface area contributed by atoms with Gasteiger partial charge in [0.15, 0.2) is 5.11 Å². The van der Waals surface area contributed by atoms with E-state index >= 15 is 0 Å². The Labute approximate surface area is 159 Å². The van der Waals surface area contributed by atoms with Crippen LogP contribution in [-0.2, 0) is 14.3 Å². The predicted molar refractivity (Wildman–Crippen MR) is 105 cm³/mol. The molecule has 2 N–H and O–H groups in total. The van der Waals surface area contributed by atoms with Crippen LogP contribution in [0.5, 0.6) is 0 Å². The molecule has 0 spiro atoms. The van der Waals surface area contributed by atoms with Gasteiger partial charge in [0.25, 0.3) is 0 Å². The zero-order chi connectivity index (χ0) is 19.4. The van der Waals surface area contributed by atoms with Gasteiger partial charge in [-0.05, 0) is 42.8 Å². The average molecular weight is 375 g/mol. The first kappa shape index (κ1) is 19.9. The van der Waals surface area contributed by atoms with Gasteiger partial charge in [0.05, 0.1) is 18.2 Å². The third-order valence-electron chi connectivity index (χ3n) is 4.06. The Morgan fingerprint density at radius 2 is 2.08 bits per heavy atom. The van der Waals surface area contributed by atoms with Gasteiger partial charge in [0.2, 0.25) is 5.91 Å². The van der Waals surface area contributed by atoms with E-state index in [-0.39, 0.29) is 17.8 Å². The monoisotopic (exact) mass is 375 g/mol. The normalized spacial score (nSPS) is 17.2. The van der Waals surface area contributed by atoms with Gasteiger partial charge < -0.3 is 20.3 Å². The molecule has 0 saturated heterocycles. The van der Waals surface area contributed by atoms with E-state index < -0.39 is 6.04 Å². The number of ether oxygens (including phenoxy) is 1. The highest BCUT2D eigenvalue weighted by Crippen LogP contribution is 2.32. The third-order valence-corrected chi connectivity index (χ3v) is 4.45. The first-order valence-electron chi connectivity index (χ1n) is 8.50. The Morgan fingerprint density at radius 1 is 1.38 bits per heavy atom. The van der Waals surface area contributed by atoms with Crippen molar-refractivity contribution in [2.75, 3.05) is 19.0 Å². The molecule has 1 aliphatic rings. The molecule has 1 amide bonds. The molecule has 0 saturated carbocycles. The highest BCUT2D eigenvalue weighted by molar-refractivity contribution is 7.80. The smallest absolute Gasteiger partial charge is 0.338 e. The van der Waals surface area contributed by atoms with Gasteiger partial charge in [-0.1, -0.05) is 26.0 Å². The van der Waals surface area contributed by atoms with Crippen LogP contribution < -0.4 is 10.6 Å². The van der Waals surface area contributed by atoms with Crippen LogP contribution in [-0.4, -0.2) is 35.5 Å².